The molecule has 2 aromatic heterocycles. The number of nitrogens with one attached hydrogen (secondary N) is 1. The lowest BCUT2D eigenvalue weighted by atomic mass is 10.1. The van der Waals surface area contributed by atoms with Crippen LogP contribution in [0.1, 0.15) is 44.9 Å². The van der Waals surface area contributed by atoms with Gasteiger partial charge in [-0.25, -0.2) is 4.79 Å². The second kappa shape index (κ2) is 15.5. The molecule has 10 heteroatoms. The van der Waals surface area contributed by atoms with Crippen molar-refractivity contribution in [2.45, 2.75) is 51.0 Å². The molecule has 1 aromatic carbocycles. The third kappa shape index (κ3) is 8.63. The second-order valence-corrected chi connectivity index (χ2v) is 11.9. The van der Waals surface area contributed by atoms with Crippen LogP contribution in [0, 0.1) is 0 Å². The van der Waals surface area contributed by atoms with Gasteiger partial charge >= 0.3 is 14.9 Å². The van der Waals surface area contributed by atoms with E-state index in [1.807, 2.05) is 24.3 Å². The molecule has 0 bridgehead atoms. The first-order valence-electron chi connectivity index (χ1n) is 12.9. The van der Waals surface area contributed by atoms with Crippen molar-refractivity contribution in [1.82, 2.24) is 15.3 Å². The van der Waals surface area contributed by atoms with Crippen LogP contribution >= 0.6 is 0 Å². The summed E-state index contributed by atoms with van der Waals surface area (Å²) in [5.41, 5.74) is 1.77. The number of carbonyl (C=O) groups is 1. The van der Waals surface area contributed by atoms with Crippen LogP contribution in [0.25, 0.3) is 21.8 Å². The van der Waals surface area contributed by atoms with Crippen molar-refractivity contribution in [1.29, 1.82) is 0 Å². The van der Waals surface area contributed by atoms with E-state index in [9.17, 15) is 4.79 Å². The lowest BCUT2D eigenvalue weighted by Gasteiger charge is -2.24. The van der Waals surface area contributed by atoms with E-state index < -0.39 is 8.80 Å². The number of pyridine rings is 2. The molecule has 0 spiro atoms. The average molecular weight is 530 g/mol. The van der Waals surface area contributed by atoms with Gasteiger partial charge in [0.15, 0.2) is 0 Å². The molecule has 0 saturated heterocycles. The van der Waals surface area contributed by atoms with Gasteiger partial charge in [0.25, 0.3) is 0 Å². The SMILES string of the molecule is CO[Si](CCCNC(=O)OCCCCCCCCOc1cc2cccnc2c2ncccc12)(OC)OC. The predicted molar refractivity (Wildman–Crippen MR) is 146 cm³/mol. The van der Waals surface area contributed by atoms with E-state index in [0.717, 1.165) is 66.1 Å². The highest BCUT2D eigenvalue weighted by molar-refractivity contribution is 6.60. The fraction of sp³-hybridized carbons (Fsp3) is 0.519. The Morgan fingerprint density at radius 3 is 2.22 bits per heavy atom. The minimum absolute atomic E-state index is 0.385. The van der Waals surface area contributed by atoms with E-state index in [4.69, 9.17) is 22.8 Å². The van der Waals surface area contributed by atoms with E-state index in [1.165, 1.54) is 0 Å². The van der Waals surface area contributed by atoms with Crippen LogP contribution < -0.4 is 10.1 Å². The zero-order valence-corrected chi connectivity index (χ0v) is 23.2. The number of amides is 1. The predicted octanol–water partition coefficient (Wildman–Crippen LogP) is 5.50. The fourth-order valence-electron chi connectivity index (χ4n) is 4.22. The van der Waals surface area contributed by atoms with E-state index >= 15 is 0 Å². The van der Waals surface area contributed by atoms with Crippen molar-refractivity contribution in [3.63, 3.8) is 0 Å². The molecule has 0 aliphatic carbocycles. The van der Waals surface area contributed by atoms with Crippen molar-refractivity contribution in [3.8, 4) is 5.75 Å². The van der Waals surface area contributed by atoms with Gasteiger partial charge in [0.2, 0.25) is 0 Å². The number of rotatable bonds is 17. The van der Waals surface area contributed by atoms with Gasteiger partial charge in [-0.05, 0) is 43.5 Å². The van der Waals surface area contributed by atoms with Gasteiger partial charge < -0.3 is 28.1 Å². The molecule has 0 atom stereocenters. The second-order valence-electron chi connectivity index (χ2n) is 8.78. The van der Waals surface area contributed by atoms with Gasteiger partial charge in [0.05, 0.1) is 18.7 Å². The number of nitrogens with zero attached hydrogens (tertiary/aromatic N) is 2. The third-order valence-corrected chi connectivity index (χ3v) is 9.15. The highest BCUT2D eigenvalue weighted by atomic mass is 28.4. The molecule has 3 rings (SSSR count). The first-order valence-corrected chi connectivity index (χ1v) is 14.9. The number of hydrogen-bond donors (Lipinski definition) is 1. The molecule has 0 saturated carbocycles. The van der Waals surface area contributed by atoms with Crippen LogP contribution in [0.15, 0.2) is 42.7 Å². The molecular weight excluding hydrogens is 490 g/mol. The highest BCUT2D eigenvalue weighted by Gasteiger charge is 2.36. The number of benzene rings is 1. The van der Waals surface area contributed by atoms with Crippen molar-refractivity contribution < 1.29 is 27.5 Å². The van der Waals surface area contributed by atoms with Gasteiger partial charge in [-0.1, -0.05) is 31.7 Å². The summed E-state index contributed by atoms with van der Waals surface area (Å²) >= 11 is 0. The standard InChI is InChI=1S/C27H39N3O6Si/c1-32-37(33-2,34-3)20-12-17-30-27(31)36-19-9-7-5-4-6-8-18-35-24-21-22-13-10-15-28-25(22)26-23(24)14-11-16-29-26/h10-11,13-16,21H,4-9,12,17-20H2,1-3H3,(H,30,31). The number of aromatic nitrogens is 2. The highest BCUT2D eigenvalue weighted by Crippen LogP contribution is 2.31. The Bertz CT molecular complexity index is 1100. The van der Waals surface area contributed by atoms with Crippen LogP contribution in [0.3, 0.4) is 0 Å². The number of ether oxygens (including phenoxy) is 2. The van der Waals surface area contributed by atoms with Crippen LogP contribution in [0.4, 0.5) is 4.79 Å². The van der Waals surface area contributed by atoms with Crippen LogP contribution in [0.5, 0.6) is 5.75 Å². The van der Waals surface area contributed by atoms with Crippen molar-refractivity contribution in [2.24, 2.45) is 0 Å². The van der Waals surface area contributed by atoms with Crippen molar-refractivity contribution >= 4 is 36.7 Å². The molecule has 1 N–H and O–H groups in total. The van der Waals surface area contributed by atoms with Gasteiger partial charge in [-0.3, -0.25) is 9.97 Å². The lowest BCUT2D eigenvalue weighted by molar-refractivity contribution is 0.122. The van der Waals surface area contributed by atoms with Gasteiger partial charge in [-0.15, -0.1) is 0 Å². The van der Waals surface area contributed by atoms with Crippen LogP contribution in [-0.4, -0.2) is 66.0 Å². The zero-order valence-electron chi connectivity index (χ0n) is 22.2. The van der Waals surface area contributed by atoms with Crippen LogP contribution in [0.2, 0.25) is 6.04 Å². The summed E-state index contributed by atoms with van der Waals surface area (Å²) in [5, 5.41) is 4.79. The maximum atomic E-state index is 11.8. The largest absolute Gasteiger partial charge is 0.500 e. The lowest BCUT2D eigenvalue weighted by Crippen LogP contribution is -2.43. The molecule has 1 amide bonds. The molecule has 0 unspecified atom stereocenters. The normalized spacial score (nSPS) is 11.6. The Balaban J connectivity index is 1.22. The minimum atomic E-state index is -2.59. The number of fused-ring (bicyclic) bond motifs is 3. The van der Waals surface area contributed by atoms with Gasteiger partial charge in [0, 0.05) is 57.1 Å². The summed E-state index contributed by atoms with van der Waals surface area (Å²) in [7, 11) is 2.16. The van der Waals surface area contributed by atoms with Crippen molar-refractivity contribution in [2.75, 3.05) is 41.1 Å². The van der Waals surface area contributed by atoms with E-state index in [0.29, 0.717) is 32.2 Å². The Labute approximate surface area is 220 Å². The quantitative estimate of drug-likeness (QED) is 0.139. The maximum Gasteiger partial charge on any atom is 0.500 e. The first-order chi connectivity index (χ1) is 18.1. The van der Waals surface area contributed by atoms with Crippen molar-refractivity contribution in [3.05, 3.63) is 42.7 Å². The molecule has 0 fully saturated rings. The fourth-order valence-corrected chi connectivity index (χ4v) is 5.95. The number of unbranched alkanes of at least 4 members (excludes halogenated alkanes) is 5. The number of alkyl carbamates (subject to hydrolysis) is 1. The molecule has 2 heterocycles. The number of carbonyl (C=O) groups excluding carboxylic acids is 1. The number of hydrogen-bond acceptors (Lipinski definition) is 8. The van der Waals surface area contributed by atoms with Gasteiger partial charge in [-0.2, -0.15) is 0 Å². The van der Waals surface area contributed by atoms with Gasteiger partial charge in [0.1, 0.15) is 11.3 Å². The Morgan fingerprint density at radius 1 is 0.838 bits per heavy atom. The third-order valence-electron chi connectivity index (χ3n) is 6.31. The molecule has 202 valence electrons. The topological polar surface area (TPSA) is 101 Å². The molecule has 37 heavy (non-hydrogen) atoms. The smallest absolute Gasteiger partial charge is 0.493 e. The summed E-state index contributed by atoms with van der Waals surface area (Å²) in [6.07, 6.45) is 10.1. The molecule has 0 radical (unpaired) electrons. The average Bonchev–Trinajstić information content (AvgIpc) is 2.94. The molecule has 0 aliphatic rings. The summed E-state index contributed by atoms with van der Waals surface area (Å²) in [4.78, 5) is 20.8. The molecule has 0 aliphatic heterocycles. The first kappa shape index (κ1) is 28.8. The minimum Gasteiger partial charge on any atom is -0.493 e. The zero-order chi connectivity index (χ0) is 26.3. The Morgan fingerprint density at radius 2 is 1.49 bits per heavy atom. The Hall–Kier alpha value is -2.79. The van der Waals surface area contributed by atoms with E-state index in [-0.39, 0.29) is 6.09 Å². The van der Waals surface area contributed by atoms with Crippen LogP contribution in [-0.2, 0) is 18.0 Å². The molecule has 3 aromatic rings. The van der Waals surface area contributed by atoms with E-state index in [1.54, 1.807) is 33.7 Å². The summed E-state index contributed by atoms with van der Waals surface area (Å²) < 4.78 is 27.5. The van der Waals surface area contributed by atoms with E-state index in [2.05, 4.69) is 21.4 Å². The summed E-state index contributed by atoms with van der Waals surface area (Å²) in [5.74, 6) is 0.858. The summed E-state index contributed by atoms with van der Waals surface area (Å²) in [6, 6.07) is 10.6. The maximum absolute atomic E-state index is 11.8. The molecular formula is C27H39N3O6Si. The Kier molecular flexibility index (Phi) is 12.0. The summed E-state index contributed by atoms with van der Waals surface area (Å²) in [6.45, 7) is 1.59. The monoisotopic (exact) mass is 529 g/mol. The molecule has 9 nitrogen and oxygen atoms in total.